The summed E-state index contributed by atoms with van der Waals surface area (Å²) in [5.41, 5.74) is 1.69. The Hall–Kier alpha value is -1.42. The first kappa shape index (κ1) is 7.24. The maximum Gasteiger partial charge on any atom is 0.177 e. The first-order valence-corrected chi connectivity index (χ1v) is 3.78. The monoisotopic (exact) mass is 163 g/mol. The molecule has 0 aliphatic heterocycles. The molecule has 4 nitrogen and oxygen atoms in total. The van der Waals surface area contributed by atoms with Crippen LogP contribution in [0.2, 0.25) is 0 Å². The number of hydrogen-bond donors (Lipinski definition) is 1. The van der Waals surface area contributed by atoms with E-state index in [1.165, 1.54) is 0 Å². The standard InChI is InChI=1S/C8H9N3O/c12-5-4-11-6-10-8-7(11)2-1-3-9-8/h1-3,6,12H,4-5H2. The second-order valence-corrected chi connectivity index (χ2v) is 2.51. The number of aromatic nitrogens is 3. The normalized spacial score (nSPS) is 10.8. The van der Waals surface area contributed by atoms with E-state index in [4.69, 9.17) is 5.11 Å². The Morgan fingerprint density at radius 3 is 3.17 bits per heavy atom. The summed E-state index contributed by atoms with van der Waals surface area (Å²) in [6, 6.07) is 3.79. The van der Waals surface area contributed by atoms with Gasteiger partial charge in [-0.1, -0.05) is 0 Å². The van der Waals surface area contributed by atoms with Crippen LogP contribution in [-0.2, 0) is 6.54 Å². The van der Waals surface area contributed by atoms with Gasteiger partial charge in [0.05, 0.1) is 18.5 Å². The number of hydrogen-bond acceptors (Lipinski definition) is 3. The summed E-state index contributed by atoms with van der Waals surface area (Å²) >= 11 is 0. The number of fused-ring (bicyclic) bond motifs is 1. The molecule has 2 rings (SSSR count). The molecular weight excluding hydrogens is 154 g/mol. The Labute approximate surface area is 69.5 Å². The van der Waals surface area contributed by atoms with Gasteiger partial charge in [-0.2, -0.15) is 0 Å². The third kappa shape index (κ3) is 1.06. The van der Waals surface area contributed by atoms with Crippen molar-refractivity contribution < 1.29 is 5.11 Å². The molecule has 0 bridgehead atoms. The van der Waals surface area contributed by atoms with Crippen LogP contribution in [0.1, 0.15) is 0 Å². The molecule has 0 fully saturated rings. The van der Waals surface area contributed by atoms with E-state index in [1.54, 1.807) is 12.5 Å². The fourth-order valence-corrected chi connectivity index (χ4v) is 1.18. The highest BCUT2D eigenvalue weighted by Gasteiger charge is 1.99. The molecule has 2 heterocycles. The van der Waals surface area contributed by atoms with Crippen LogP contribution in [0.4, 0.5) is 0 Å². The van der Waals surface area contributed by atoms with E-state index in [0.717, 1.165) is 11.2 Å². The Balaban J connectivity index is 2.55. The van der Waals surface area contributed by atoms with Crippen LogP contribution < -0.4 is 0 Å². The fourth-order valence-electron chi connectivity index (χ4n) is 1.18. The first-order chi connectivity index (χ1) is 5.92. The highest BCUT2D eigenvalue weighted by Crippen LogP contribution is 2.07. The second kappa shape index (κ2) is 2.91. The lowest BCUT2D eigenvalue weighted by molar-refractivity contribution is 0.278. The van der Waals surface area contributed by atoms with Crippen molar-refractivity contribution in [2.75, 3.05) is 6.61 Å². The molecule has 0 amide bonds. The highest BCUT2D eigenvalue weighted by atomic mass is 16.3. The lowest BCUT2D eigenvalue weighted by atomic mass is 10.4. The largest absolute Gasteiger partial charge is 0.395 e. The Bertz CT molecular complexity index is 382. The molecule has 0 saturated carbocycles. The van der Waals surface area contributed by atoms with Crippen molar-refractivity contribution >= 4 is 11.2 Å². The average molecular weight is 163 g/mol. The van der Waals surface area contributed by atoms with Crippen LogP contribution in [0.25, 0.3) is 11.2 Å². The quantitative estimate of drug-likeness (QED) is 0.698. The number of aliphatic hydroxyl groups excluding tert-OH is 1. The maximum atomic E-state index is 8.73. The minimum Gasteiger partial charge on any atom is -0.395 e. The fraction of sp³-hybridized carbons (Fsp3) is 0.250. The molecule has 0 radical (unpaired) electrons. The topological polar surface area (TPSA) is 50.9 Å². The molecule has 4 heteroatoms. The van der Waals surface area contributed by atoms with Gasteiger partial charge in [-0.3, -0.25) is 0 Å². The van der Waals surface area contributed by atoms with Gasteiger partial charge in [0, 0.05) is 12.7 Å². The number of rotatable bonds is 2. The van der Waals surface area contributed by atoms with Crippen LogP contribution in [0.3, 0.4) is 0 Å². The average Bonchev–Trinajstić information content (AvgIpc) is 2.50. The lowest BCUT2D eigenvalue weighted by Crippen LogP contribution is -1.99. The van der Waals surface area contributed by atoms with Crippen LogP contribution in [0.5, 0.6) is 0 Å². The van der Waals surface area contributed by atoms with Gasteiger partial charge in [-0.05, 0) is 12.1 Å². The van der Waals surface area contributed by atoms with E-state index in [-0.39, 0.29) is 6.61 Å². The summed E-state index contributed by atoms with van der Waals surface area (Å²) < 4.78 is 1.88. The van der Waals surface area contributed by atoms with Crippen molar-refractivity contribution in [2.24, 2.45) is 0 Å². The Morgan fingerprint density at radius 2 is 2.33 bits per heavy atom. The minimum atomic E-state index is 0.125. The van der Waals surface area contributed by atoms with Crippen LogP contribution >= 0.6 is 0 Å². The van der Waals surface area contributed by atoms with Crippen molar-refractivity contribution in [1.82, 2.24) is 14.5 Å². The summed E-state index contributed by atoms with van der Waals surface area (Å²) in [6.07, 6.45) is 3.40. The van der Waals surface area contributed by atoms with E-state index in [0.29, 0.717) is 6.54 Å². The molecule has 0 unspecified atom stereocenters. The Morgan fingerprint density at radius 1 is 1.42 bits per heavy atom. The number of pyridine rings is 1. The van der Waals surface area contributed by atoms with Crippen molar-refractivity contribution in [1.29, 1.82) is 0 Å². The van der Waals surface area contributed by atoms with Crippen molar-refractivity contribution in [2.45, 2.75) is 6.54 Å². The Kier molecular flexibility index (Phi) is 1.75. The molecule has 2 aromatic heterocycles. The molecule has 0 saturated heterocycles. The predicted octanol–water partition coefficient (Wildman–Crippen LogP) is 0.424. The zero-order valence-electron chi connectivity index (χ0n) is 6.51. The molecule has 1 N–H and O–H groups in total. The smallest absolute Gasteiger partial charge is 0.177 e. The van der Waals surface area contributed by atoms with E-state index >= 15 is 0 Å². The zero-order valence-corrected chi connectivity index (χ0v) is 6.51. The number of imidazole rings is 1. The molecule has 2 aromatic rings. The highest BCUT2D eigenvalue weighted by molar-refractivity contribution is 5.70. The van der Waals surface area contributed by atoms with Crippen LogP contribution in [0.15, 0.2) is 24.7 Å². The molecule has 12 heavy (non-hydrogen) atoms. The van der Waals surface area contributed by atoms with Crippen LogP contribution in [0, 0.1) is 0 Å². The van der Waals surface area contributed by atoms with E-state index < -0.39 is 0 Å². The van der Waals surface area contributed by atoms with Crippen molar-refractivity contribution in [3.63, 3.8) is 0 Å². The summed E-state index contributed by atoms with van der Waals surface area (Å²) in [4.78, 5) is 8.15. The number of nitrogens with zero attached hydrogens (tertiary/aromatic N) is 3. The summed E-state index contributed by atoms with van der Waals surface area (Å²) in [5.74, 6) is 0. The molecular formula is C8H9N3O. The molecule has 62 valence electrons. The van der Waals surface area contributed by atoms with E-state index in [2.05, 4.69) is 9.97 Å². The van der Waals surface area contributed by atoms with Gasteiger partial charge in [-0.25, -0.2) is 9.97 Å². The van der Waals surface area contributed by atoms with Gasteiger partial charge >= 0.3 is 0 Å². The van der Waals surface area contributed by atoms with Gasteiger partial charge in [0.25, 0.3) is 0 Å². The first-order valence-electron chi connectivity index (χ1n) is 3.78. The second-order valence-electron chi connectivity index (χ2n) is 2.51. The predicted molar refractivity (Wildman–Crippen MR) is 44.6 cm³/mol. The summed E-state index contributed by atoms with van der Waals surface area (Å²) in [6.45, 7) is 0.697. The van der Waals surface area contributed by atoms with Crippen LogP contribution in [-0.4, -0.2) is 26.2 Å². The molecule has 0 aliphatic carbocycles. The SMILES string of the molecule is OCCn1cnc2ncccc21. The maximum absolute atomic E-state index is 8.73. The van der Waals surface area contributed by atoms with Gasteiger partial charge in [-0.15, -0.1) is 0 Å². The molecule has 0 aromatic carbocycles. The van der Waals surface area contributed by atoms with Gasteiger partial charge < -0.3 is 9.67 Å². The van der Waals surface area contributed by atoms with Gasteiger partial charge in [0.2, 0.25) is 0 Å². The number of aliphatic hydroxyl groups is 1. The van der Waals surface area contributed by atoms with Gasteiger partial charge in [0.15, 0.2) is 5.65 Å². The van der Waals surface area contributed by atoms with E-state index in [1.807, 2.05) is 16.7 Å². The van der Waals surface area contributed by atoms with Crippen molar-refractivity contribution in [3.05, 3.63) is 24.7 Å². The van der Waals surface area contributed by atoms with E-state index in [9.17, 15) is 0 Å². The minimum absolute atomic E-state index is 0.125. The molecule has 0 spiro atoms. The lowest BCUT2D eigenvalue weighted by Gasteiger charge is -1.98. The third-order valence-corrected chi connectivity index (χ3v) is 1.74. The summed E-state index contributed by atoms with van der Waals surface area (Å²) in [7, 11) is 0. The van der Waals surface area contributed by atoms with Gasteiger partial charge in [0.1, 0.15) is 0 Å². The third-order valence-electron chi connectivity index (χ3n) is 1.74. The molecule has 0 aliphatic rings. The molecule has 0 atom stereocenters. The summed E-state index contributed by atoms with van der Waals surface area (Å²) in [5, 5.41) is 8.73. The van der Waals surface area contributed by atoms with Crippen molar-refractivity contribution in [3.8, 4) is 0 Å². The zero-order chi connectivity index (χ0) is 8.39.